The summed E-state index contributed by atoms with van der Waals surface area (Å²) in [6.07, 6.45) is 0. The average Bonchev–Trinajstić information content (AvgIpc) is 3.65. The van der Waals surface area contributed by atoms with Gasteiger partial charge in [-0.15, -0.1) is 10.2 Å². The smallest absolute Gasteiger partial charge is 0.301 e. The maximum Gasteiger partial charge on any atom is 0.301 e. The highest BCUT2D eigenvalue weighted by molar-refractivity contribution is 8.00. The number of aromatic nitrogens is 2. The quantitative estimate of drug-likeness (QED) is 0.0499. The molecule has 8 nitrogen and oxygen atoms in total. The minimum Gasteiger partial charge on any atom is -0.507 e. The van der Waals surface area contributed by atoms with E-state index in [-0.39, 0.29) is 22.3 Å². The van der Waals surface area contributed by atoms with Crippen LogP contribution in [-0.4, -0.2) is 33.6 Å². The number of thioether (sulfide) groups is 1. The average molecular weight is 668 g/mol. The van der Waals surface area contributed by atoms with Crippen molar-refractivity contribution < 1.29 is 28.6 Å². The fourth-order valence-corrected chi connectivity index (χ4v) is 7.06. The molecule has 0 spiro atoms. The summed E-state index contributed by atoms with van der Waals surface area (Å²) in [6, 6.07) is 27.2. The predicted octanol–water partition coefficient (Wildman–Crippen LogP) is 7.88. The molecule has 2 heterocycles. The molecule has 1 fully saturated rings. The van der Waals surface area contributed by atoms with Gasteiger partial charge in [0.05, 0.1) is 18.2 Å². The number of aliphatic hydroxyl groups is 1. The van der Waals surface area contributed by atoms with Gasteiger partial charge in [-0.3, -0.25) is 14.5 Å². The minimum atomic E-state index is -0.986. The molecule has 5 aromatic rings. The second-order valence-corrected chi connectivity index (χ2v) is 12.9. The number of ketones is 1. The van der Waals surface area contributed by atoms with Crippen LogP contribution in [0.4, 0.5) is 9.52 Å². The van der Waals surface area contributed by atoms with Gasteiger partial charge in [0, 0.05) is 11.3 Å². The lowest BCUT2D eigenvalue weighted by molar-refractivity contribution is -0.132. The minimum absolute atomic E-state index is 0.0802. The molecule has 4 aromatic carbocycles. The zero-order valence-electron chi connectivity index (χ0n) is 25.6. The van der Waals surface area contributed by atoms with Crippen molar-refractivity contribution in [3.05, 3.63) is 136 Å². The lowest BCUT2D eigenvalue weighted by Crippen LogP contribution is -2.29. The van der Waals surface area contributed by atoms with Gasteiger partial charge < -0.3 is 14.6 Å². The molecule has 47 heavy (non-hydrogen) atoms. The first kappa shape index (κ1) is 32.0. The topological polar surface area (TPSA) is 102 Å². The van der Waals surface area contributed by atoms with Crippen LogP contribution in [0.1, 0.15) is 40.8 Å². The number of ether oxygens (including phenoxy) is 2. The summed E-state index contributed by atoms with van der Waals surface area (Å²) < 4.78 is 26.2. The van der Waals surface area contributed by atoms with Gasteiger partial charge in [0.1, 0.15) is 29.7 Å². The van der Waals surface area contributed by atoms with Crippen molar-refractivity contribution in [2.45, 2.75) is 36.6 Å². The van der Waals surface area contributed by atoms with Crippen molar-refractivity contribution in [2.75, 3.05) is 11.5 Å². The molecule has 1 atom stereocenters. The van der Waals surface area contributed by atoms with Gasteiger partial charge in [-0.25, -0.2) is 4.39 Å². The van der Waals surface area contributed by atoms with Crippen molar-refractivity contribution in [1.29, 1.82) is 0 Å². The van der Waals surface area contributed by atoms with Gasteiger partial charge in [-0.05, 0) is 73.0 Å². The standard InChI is InChI=1S/C36H30FN3O5S2/c1-3-44-27-15-11-24(12-16-27)31-30(32(41)25-13-17-28(18-14-25)45-20-23-8-6-7-22(2)19-23)33(42)34(43)40(31)35-38-39-36(47-35)46-21-26-9-4-5-10-29(26)37/h4-19,31,41H,3,20-21H2,1-2H3. The Labute approximate surface area is 279 Å². The van der Waals surface area contributed by atoms with Gasteiger partial charge in [-0.1, -0.05) is 83.3 Å². The molecule has 0 radical (unpaired) electrons. The zero-order chi connectivity index (χ0) is 32.9. The molecule has 238 valence electrons. The summed E-state index contributed by atoms with van der Waals surface area (Å²) in [4.78, 5) is 28.5. The number of benzene rings is 4. The summed E-state index contributed by atoms with van der Waals surface area (Å²) in [5.41, 5.74) is 3.51. The molecule has 1 aromatic heterocycles. The van der Waals surface area contributed by atoms with Crippen molar-refractivity contribution >= 4 is 45.7 Å². The Hall–Kier alpha value is -5.00. The van der Waals surface area contributed by atoms with Crippen LogP contribution in [0.2, 0.25) is 0 Å². The molecule has 6 rings (SSSR count). The number of anilines is 1. The van der Waals surface area contributed by atoms with E-state index in [0.29, 0.717) is 51.5 Å². The van der Waals surface area contributed by atoms with Gasteiger partial charge in [0.25, 0.3) is 5.78 Å². The number of halogens is 1. The fourth-order valence-electron chi connectivity index (χ4n) is 5.20. The normalized spacial score (nSPS) is 15.6. The predicted molar refractivity (Wildman–Crippen MR) is 180 cm³/mol. The molecular weight excluding hydrogens is 638 g/mol. The first-order valence-corrected chi connectivity index (χ1v) is 16.6. The number of aryl methyl sites for hydroxylation is 1. The largest absolute Gasteiger partial charge is 0.507 e. The Morgan fingerprint density at radius 1 is 0.936 bits per heavy atom. The van der Waals surface area contributed by atoms with Crippen molar-refractivity contribution in [3.63, 3.8) is 0 Å². The van der Waals surface area contributed by atoms with Gasteiger partial charge >= 0.3 is 5.91 Å². The third kappa shape index (κ3) is 7.06. The highest BCUT2D eigenvalue weighted by atomic mass is 32.2. The maximum absolute atomic E-state index is 14.2. The van der Waals surface area contributed by atoms with Crippen molar-refractivity contribution in [2.24, 2.45) is 0 Å². The van der Waals surface area contributed by atoms with Gasteiger partial charge in [-0.2, -0.15) is 0 Å². The Morgan fingerprint density at radius 3 is 2.38 bits per heavy atom. The second-order valence-electron chi connectivity index (χ2n) is 10.7. The Bertz CT molecular complexity index is 1940. The highest BCUT2D eigenvalue weighted by Gasteiger charge is 2.48. The number of rotatable bonds is 11. The molecule has 0 aliphatic carbocycles. The summed E-state index contributed by atoms with van der Waals surface area (Å²) >= 11 is 2.39. The molecule has 1 aliphatic rings. The van der Waals surface area contributed by atoms with E-state index in [1.54, 1.807) is 66.7 Å². The van der Waals surface area contributed by atoms with E-state index in [0.717, 1.165) is 22.5 Å². The van der Waals surface area contributed by atoms with Gasteiger partial charge in [0.15, 0.2) is 4.34 Å². The lowest BCUT2D eigenvalue weighted by Gasteiger charge is -2.22. The van der Waals surface area contributed by atoms with Crippen LogP contribution in [0.15, 0.2) is 107 Å². The number of amides is 1. The molecule has 1 unspecified atom stereocenters. The van der Waals surface area contributed by atoms with E-state index in [1.165, 1.54) is 22.7 Å². The highest BCUT2D eigenvalue weighted by Crippen LogP contribution is 2.44. The first-order chi connectivity index (χ1) is 22.8. The molecule has 0 bridgehead atoms. The third-order valence-corrected chi connectivity index (χ3v) is 9.58. The molecule has 1 saturated heterocycles. The number of hydrogen-bond acceptors (Lipinski definition) is 9. The molecule has 0 saturated carbocycles. The molecule has 1 aliphatic heterocycles. The van der Waals surface area contributed by atoms with E-state index in [1.807, 2.05) is 38.1 Å². The fraction of sp³-hybridized carbons (Fsp3) is 0.167. The number of Topliss-reactive ketones (excluding diaryl/α,β-unsaturated/α-hetero) is 1. The number of nitrogens with zero attached hydrogens (tertiary/aromatic N) is 3. The van der Waals surface area contributed by atoms with Crippen LogP contribution < -0.4 is 14.4 Å². The van der Waals surface area contributed by atoms with Crippen molar-refractivity contribution in [1.82, 2.24) is 10.2 Å². The van der Waals surface area contributed by atoms with Crippen LogP contribution in [-0.2, 0) is 21.9 Å². The van der Waals surface area contributed by atoms with Crippen LogP contribution in [0.3, 0.4) is 0 Å². The van der Waals surface area contributed by atoms with E-state index in [4.69, 9.17) is 9.47 Å². The zero-order valence-corrected chi connectivity index (χ0v) is 27.2. The summed E-state index contributed by atoms with van der Waals surface area (Å²) in [5, 5.41) is 20.2. The van der Waals surface area contributed by atoms with E-state index in [2.05, 4.69) is 10.2 Å². The summed E-state index contributed by atoms with van der Waals surface area (Å²) in [5.74, 6) is -0.821. The molecule has 1 N–H and O–H groups in total. The molecule has 11 heteroatoms. The van der Waals surface area contributed by atoms with Crippen LogP contribution in [0, 0.1) is 12.7 Å². The molecular formula is C36H30FN3O5S2. The van der Waals surface area contributed by atoms with E-state index < -0.39 is 17.7 Å². The number of aliphatic hydroxyl groups excluding tert-OH is 1. The van der Waals surface area contributed by atoms with Crippen molar-refractivity contribution in [3.8, 4) is 11.5 Å². The Morgan fingerprint density at radius 2 is 1.66 bits per heavy atom. The first-order valence-electron chi connectivity index (χ1n) is 14.8. The third-order valence-electron chi connectivity index (χ3n) is 7.48. The second kappa shape index (κ2) is 14.2. The van der Waals surface area contributed by atoms with Crippen LogP contribution in [0.25, 0.3) is 5.76 Å². The Kier molecular flexibility index (Phi) is 9.65. The molecule has 1 amide bonds. The summed E-state index contributed by atoms with van der Waals surface area (Å²) in [7, 11) is 0. The van der Waals surface area contributed by atoms with Crippen LogP contribution >= 0.6 is 23.1 Å². The number of carbonyl (C=O) groups excluding carboxylic acids is 2. The lowest BCUT2D eigenvalue weighted by atomic mass is 9.95. The van der Waals surface area contributed by atoms with Crippen LogP contribution in [0.5, 0.6) is 11.5 Å². The summed E-state index contributed by atoms with van der Waals surface area (Å²) in [6.45, 7) is 4.74. The van der Waals surface area contributed by atoms with E-state index in [9.17, 15) is 19.1 Å². The SMILES string of the molecule is CCOc1ccc(C2C(=C(O)c3ccc(OCc4cccc(C)c4)cc3)C(=O)C(=O)N2c2nnc(SCc3ccccc3F)s2)cc1. The Balaban J connectivity index is 1.31. The van der Waals surface area contributed by atoms with E-state index >= 15 is 0 Å². The number of hydrogen-bond donors (Lipinski definition) is 1. The monoisotopic (exact) mass is 667 g/mol. The van der Waals surface area contributed by atoms with Gasteiger partial charge in [0.2, 0.25) is 5.13 Å². The number of carbonyl (C=O) groups is 2. The maximum atomic E-state index is 14.2.